The Kier molecular flexibility index (Phi) is 8.37. The van der Waals surface area contributed by atoms with Gasteiger partial charge in [-0.2, -0.15) is 5.21 Å². The number of carbonyl (C=O) groups excluding carboxylic acids is 2. The van der Waals surface area contributed by atoms with E-state index < -0.39 is 42.8 Å². The predicted molar refractivity (Wildman–Crippen MR) is 146 cm³/mol. The highest BCUT2D eigenvalue weighted by Crippen LogP contribution is 2.30. The summed E-state index contributed by atoms with van der Waals surface area (Å²) in [6.45, 7) is 4.08. The number of unbranched alkanes of at least 4 members (excludes halogenated alkanes) is 1. The van der Waals surface area contributed by atoms with Crippen LogP contribution in [0.1, 0.15) is 59.9 Å². The van der Waals surface area contributed by atoms with Crippen molar-refractivity contribution in [2.75, 3.05) is 0 Å². The van der Waals surface area contributed by atoms with Crippen LogP contribution < -0.4 is 5.82 Å². The second kappa shape index (κ2) is 13.0. The number of nitrogens with one attached hydrogen (secondary N) is 1. The lowest BCUT2D eigenvalue weighted by molar-refractivity contribution is -0.159. The number of benzene rings is 2. The van der Waals surface area contributed by atoms with Crippen molar-refractivity contribution in [1.29, 1.82) is 0 Å². The Hall–Kier alpha value is -4.54. The zero-order valence-electron chi connectivity index (χ0n) is 24.8. The maximum absolute atomic E-state index is 13.5. The minimum atomic E-state index is -2.37. The number of amides is 1. The topological polar surface area (TPSA) is 144 Å². The Morgan fingerprint density at radius 2 is 1.82 bits per heavy atom. The van der Waals surface area contributed by atoms with Crippen molar-refractivity contribution in [2.45, 2.75) is 66.1 Å². The van der Waals surface area contributed by atoms with Crippen molar-refractivity contribution < 1.29 is 25.9 Å². The molecule has 4 rings (SSSR count). The number of carbonyl (C=O) groups is 2. The van der Waals surface area contributed by atoms with Gasteiger partial charge in [0, 0.05) is 18.5 Å². The van der Waals surface area contributed by atoms with E-state index in [1.807, 2.05) is 31.2 Å². The number of tetrazole rings is 1. The van der Waals surface area contributed by atoms with Crippen LogP contribution in [0.4, 0.5) is 0 Å². The number of nitrogens with zero attached hydrogens (tertiary/aromatic N) is 4. The van der Waals surface area contributed by atoms with Crippen LogP contribution in [-0.4, -0.2) is 43.4 Å². The summed E-state index contributed by atoms with van der Waals surface area (Å²) in [6.07, 6.45) is 1.29. The fraction of sp³-hybridized carbons (Fsp3) is 0.379. The summed E-state index contributed by atoms with van der Waals surface area (Å²) < 4.78 is 33.4. The fourth-order valence-corrected chi connectivity index (χ4v) is 4.21. The number of rotatable bonds is 12. The van der Waals surface area contributed by atoms with Gasteiger partial charge in [-0.15, -0.1) is 10.2 Å². The summed E-state index contributed by atoms with van der Waals surface area (Å²) in [6, 6.07) is 12.9. The molecule has 11 nitrogen and oxygen atoms in total. The Labute approximate surface area is 234 Å². The molecule has 1 amide bonds. The van der Waals surface area contributed by atoms with Crippen molar-refractivity contribution in [3.8, 4) is 22.5 Å². The van der Waals surface area contributed by atoms with Gasteiger partial charge in [-0.05, 0) is 41.2 Å². The van der Waals surface area contributed by atoms with E-state index in [0.29, 0.717) is 18.7 Å². The lowest BCUT2D eigenvalue weighted by Gasteiger charge is -2.33. The molecule has 2 aromatic carbocycles. The third kappa shape index (κ3) is 6.71. The number of aromatic nitrogens is 4. The summed E-state index contributed by atoms with van der Waals surface area (Å²) in [5.74, 6) is -2.14. The lowest BCUT2D eigenvalue weighted by Crippen LogP contribution is -2.48. The van der Waals surface area contributed by atoms with Gasteiger partial charge >= 0.3 is 11.8 Å². The van der Waals surface area contributed by atoms with E-state index >= 15 is 0 Å². The van der Waals surface area contributed by atoms with E-state index in [9.17, 15) is 14.4 Å². The second-order valence-corrected chi connectivity index (χ2v) is 9.57. The standard InChI is InChI=1S/C29H33N5O6/c1-5-6-11-25(35)34(26(18(2)3)28(36)38-17-24-19(4)39-29(37)40-24)16-20-12-14-21(15-13-20)22-9-7-8-10-23(22)27-30-32-33-31-27/h7-10,12-15,18,26H,5-6,11,16-17H2,1-4H3,(H,30,31,32,33)/t26-/m0/s1/i16D2. The van der Waals surface area contributed by atoms with Crippen LogP contribution in [0, 0.1) is 12.8 Å². The third-order valence-electron chi connectivity index (χ3n) is 6.30. The molecule has 2 heterocycles. The summed E-state index contributed by atoms with van der Waals surface area (Å²) in [4.78, 5) is 39.3. The zero-order chi connectivity index (χ0) is 30.4. The molecule has 0 fully saturated rings. The molecule has 0 saturated carbocycles. The molecular formula is C29H33N5O6. The average Bonchev–Trinajstić information content (AvgIpc) is 3.62. The minimum absolute atomic E-state index is 0.0411. The number of ether oxygens (including phenoxy) is 1. The molecule has 2 aromatic heterocycles. The third-order valence-corrected chi connectivity index (χ3v) is 6.30. The molecule has 4 aromatic rings. The minimum Gasteiger partial charge on any atom is -0.456 e. The van der Waals surface area contributed by atoms with Gasteiger partial charge in [0.05, 0.1) is 2.74 Å². The maximum atomic E-state index is 13.5. The van der Waals surface area contributed by atoms with Crippen LogP contribution in [0.5, 0.6) is 0 Å². The van der Waals surface area contributed by atoms with Crippen LogP contribution in [0.25, 0.3) is 22.5 Å². The highest BCUT2D eigenvalue weighted by atomic mass is 16.6. The monoisotopic (exact) mass is 549 g/mol. The van der Waals surface area contributed by atoms with Crippen LogP contribution in [0.2, 0.25) is 0 Å². The van der Waals surface area contributed by atoms with Gasteiger partial charge in [0.2, 0.25) is 11.7 Å². The average molecular weight is 550 g/mol. The summed E-state index contributed by atoms with van der Waals surface area (Å²) in [5, 5.41) is 14.2. The molecule has 1 N–H and O–H groups in total. The van der Waals surface area contributed by atoms with Crippen molar-refractivity contribution in [3.05, 3.63) is 76.2 Å². The molecule has 210 valence electrons. The molecule has 0 radical (unpaired) electrons. The molecular weight excluding hydrogens is 514 g/mol. The van der Waals surface area contributed by atoms with E-state index in [1.54, 1.807) is 38.1 Å². The Morgan fingerprint density at radius 1 is 1.10 bits per heavy atom. The summed E-state index contributed by atoms with van der Waals surface area (Å²) in [7, 11) is 0. The molecule has 0 aliphatic heterocycles. The number of aryl methyl sites for hydroxylation is 1. The predicted octanol–water partition coefficient (Wildman–Crippen LogP) is 4.68. The molecule has 0 spiro atoms. The van der Waals surface area contributed by atoms with Gasteiger partial charge in [-0.25, -0.2) is 9.59 Å². The SMILES string of the molecule is [2H]C([2H])(c1ccc(-c2ccccc2-c2nn[nH]n2)cc1)N(C(=O)CCCC)[C@H](C(=O)OCc1oc(=O)oc1C)C(C)C. The number of hydrogen-bond donors (Lipinski definition) is 1. The van der Waals surface area contributed by atoms with Gasteiger partial charge in [-0.3, -0.25) is 4.79 Å². The highest BCUT2D eigenvalue weighted by Gasteiger charge is 2.34. The first-order valence-electron chi connectivity index (χ1n) is 14.1. The molecule has 0 bridgehead atoms. The quantitative estimate of drug-likeness (QED) is 0.249. The first-order chi connectivity index (χ1) is 20.0. The molecule has 0 aliphatic carbocycles. The number of H-pyrrole nitrogens is 1. The van der Waals surface area contributed by atoms with Crippen molar-refractivity contribution in [2.24, 2.45) is 5.92 Å². The summed E-state index contributed by atoms with van der Waals surface area (Å²) >= 11 is 0. The second-order valence-electron chi connectivity index (χ2n) is 9.57. The highest BCUT2D eigenvalue weighted by molar-refractivity contribution is 5.85. The first-order valence-corrected chi connectivity index (χ1v) is 13.1. The van der Waals surface area contributed by atoms with Crippen molar-refractivity contribution in [3.63, 3.8) is 0 Å². The van der Waals surface area contributed by atoms with Crippen LogP contribution in [0.3, 0.4) is 0 Å². The Bertz CT molecular complexity index is 1560. The van der Waals surface area contributed by atoms with Gasteiger partial charge in [0.15, 0.2) is 18.1 Å². The van der Waals surface area contributed by atoms with Crippen molar-refractivity contribution in [1.82, 2.24) is 25.5 Å². The van der Waals surface area contributed by atoms with Gasteiger partial charge in [-0.1, -0.05) is 75.7 Å². The van der Waals surface area contributed by atoms with E-state index in [-0.39, 0.29) is 23.5 Å². The van der Waals surface area contributed by atoms with Crippen molar-refractivity contribution >= 4 is 11.9 Å². The van der Waals surface area contributed by atoms with Crippen LogP contribution in [-0.2, 0) is 27.4 Å². The maximum Gasteiger partial charge on any atom is 0.519 e. The first kappa shape index (κ1) is 25.7. The van der Waals surface area contributed by atoms with E-state index in [4.69, 9.17) is 16.3 Å². The number of esters is 1. The molecule has 40 heavy (non-hydrogen) atoms. The van der Waals surface area contributed by atoms with E-state index in [0.717, 1.165) is 21.6 Å². The molecule has 0 aliphatic rings. The number of aromatic amines is 1. The molecule has 1 atom stereocenters. The summed E-state index contributed by atoms with van der Waals surface area (Å²) in [5.41, 5.74) is 2.51. The largest absolute Gasteiger partial charge is 0.519 e. The van der Waals surface area contributed by atoms with E-state index in [1.165, 1.54) is 6.92 Å². The van der Waals surface area contributed by atoms with Crippen LogP contribution >= 0.6 is 0 Å². The smallest absolute Gasteiger partial charge is 0.456 e. The molecule has 0 saturated heterocycles. The Morgan fingerprint density at radius 3 is 2.42 bits per heavy atom. The fourth-order valence-electron chi connectivity index (χ4n) is 4.21. The normalized spacial score (nSPS) is 13.0. The van der Waals surface area contributed by atoms with Gasteiger partial charge in [0.25, 0.3) is 0 Å². The molecule has 11 heteroatoms. The zero-order valence-corrected chi connectivity index (χ0v) is 22.8. The lowest BCUT2D eigenvalue weighted by atomic mass is 9.97. The van der Waals surface area contributed by atoms with Gasteiger partial charge in [0.1, 0.15) is 6.04 Å². The Balaban J connectivity index is 1.67. The van der Waals surface area contributed by atoms with Crippen LogP contribution in [0.15, 0.2) is 62.2 Å². The number of hydrogen-bond acceptors (Lipinski definition) is 9. The van der Waals surface area contributed by atoms with E-state index in [2.05, 4.69) is 20.6 Å². The molecule has 0 unspecified atom stereocenters. The van der Waals surface area contributed by atoms with Gasteiger partial charge < -0.3 is 18.5 Å².